The summed E-state index contributed by atoms with van der Waals surface area (Å²) in [5, 5.41) is 6.56. The Kier molecular flexibility index (Phi) is 6.85. The molecule has 2 N–H and O–H groups in total. The topological polar surface area (TPSA) is 53.6 Å². The Hall–Kier alpha value is -2.37. The van der Waals surface area contributed by atoms with E-state index in [1.54, 1.807) is 0 Å². The number of amides is 1. The van der Waals surface area contributed by atoms with Crippen LogP contribution < -0.4 is 15.4 Å². The van der Waals surface area contributed by atoms with E-state index in [2.05, 4.69) is 29.4 Å². The monoisotopic (exact) mass is 367 g/mol. The van der Waals surface area contributed by atoms with Crippen LogP contribution in [0.5, 0.6) is 11.5 Å². The van der Waals surface area contributed by atoms with Crippen molar-refractivity contribution in [3.8, 4) is 11.5 Å². The van der Waals surface area contributed by atoms with Gasteiger partial charge in [-0.05, 0) is 37.1 Å². The first kappa shape index (κ1) is 19.4. The normalized spacial score (nSPS) is 15.7. The molecule has 1 amide bonds. The number of rotatable bonds is 7. The third-order valence-corrected chi connectivity index (χ3v) is 4.62. The highest BCUT2D eigenvalue weighted by molar-refractivity contribution is 5.92. The van der Waals surface area contributed by atoms with Crippen molar-refractivity contribution in [2.75, 3.05) is 25.0 Å². The second-order valence-corrected chi connectivity index (χ2v) is 7.36. The van der Waals surface area contributed by atoms with E-state index in [9.17, 15) is 4.79 Å². The lowest BCUT2D eigenvalue weighted by Crippen LogP contribution is -2.46. The van der Waals surface area contributed by atoms with Gasteiger partial charge in [0.05, 0.1) is 6.54 Å². The number of piperidine rings is 1. The minimum Gasteiger partial charge on any atom is -0.457 e. The largest absolute Gasteiger partial charge is 0.457 e. The molecule has 1 fully saturated rings. The van der Waals surface area contributed by atoms with Crippen LogP contribution in [0.15, 0.2) is 54.6 Å². The number of nitrogens with one attached hydrogen (secondary N) is 2. The van der Waals surface area contributed by atoms with E-state index >= 15 is 0 Å². The van der Waals surface area contributed by atoms with Gasteiger partial charge in [-0.25, -0.2) is 0 Å². The Morgan fingerprint density at radius 3 is 2.48 bits per heavy atom. The van der Waals surface area contributed by atoms with Gasteiger partial charge in [-0.3, -0.25) is 9.69 Å². The lowest BCUT2D eigenvalue weighted by atomic mass is 10.0. The summed E-state index contributed by atoms with van der Waals surface area (Å²) >= 11 is 0. The maximum Gasteiger partial charge on any atom is 0.238 e. The Bertz CT molecular complexity index is 725. The Labute approximate surface area is 161 Å². The van der Waals surface area contributed by atoms with Crippen LogP contribution in [0.25, 0.3) is 0 Å². The molecule has 0 saturated carbocycles. The summed E-state index contributed by atoms with van der Waals surface area (Å²) in [5.74, 6) is 1.50. The number of para-hydroxylation sites is 1. The summed E-state index contributed by atoms with van der Waals surface area (Å²) in [6, 6.07) is 18.2. The van der Waals surface area contributed by atoms with Crippen molar-refractivity contribution in [3.63, 3.8) is 0 Å². The van der Waals surface area contributed by atoms with E-state index in [1.807, 2.05) is 54.6 Å². The lowest BCUT2D eigenvalue weighted by Gasteiger charge is -2.32. The molecule has 0 atom stereocenters. The molecular formula is C22H29N3O2. The van der Waals surface area contributed by atoms with Gasteiger partial charge < -0.3 is 15.4 Å². The van der Waals surface area contributed by atoms with Crippen LogP contribution in [0.1, 0.15) is 26.7 Å². The van der Waals surface area contributed by atoms with Gasteiger partial charge in [-0.2, -0.15) is 0 Å². The quantitative estimate of drug-likeness (QED) is 0.780. The van der Waals surface area contributed by atoms with Crippen molar-refractivity contribution in [3.05, 3.63) is 54.6 Å². The SMILES string of the molecule is CC(C)NC1CCN(CC(=O)Nc2cccc(Oc3ccccc3)c2)CC1. The summed E-state index contributed by atoms with van der Waals surface area (Å²) in [5.41, 5.74) is 0.754. The number of carbonyl (C=O) groups excluding carboxylic acids is 1. The molecule has 0 aromatic heterocycles. The molecule has 27 heavy (non-hydrogen) atoms. The molecule has 0 unspecified atom stereocenters. The van der Waals surface area contributed by atoms with Crippen LogP contribution in [-0.2, 0) is 4.79 Å². The molecule has 3 rings (SSSR count). The number of likely N-dealkylation sites (tertiary alicyclic amines) is 1. The molecule has 1 saturated heterocycles. The van der Waals surface area contributed by atoms with E-state index in [0.29, 0.717) is 24.4 Å². The van der Waals surface area contributed by atoms with Gasteiger partial charge >= 0.3 is 0 Å². The number of nitrogens with zero attached hydrogens (tertiary/aromatic N) is 1. The molecule has 0 bridgehead atoms. The van der Waals surface area contributed by atoms with Crippen LogP contribution >= 0.6 is 0 Å². The molecule has 5 nitrogen and oxygen atoms in total. The summed E-state index contributed by atoms with van der Waals surface area (Å²) < 4.78 is 5.83. The van der Waals surface area contributed by atoms with E-state index in [-0.39, 0.29) is 5.91 Å². The van der Waals surface area contributed by atoms with E-state index in [0.717, 1.165) is 37.4 Å². The second-order valence-electron chi connectivity index (χ2n) is 7.36. The Morgan fingerprint density at radius 1 is 1.07 bits per heavy atom. The molecule has 2 aromatic carbocycles. The predicted molar refractivity (Wildman–Crippen MR) is 109 cm³/mol. The van der Waals surface area contributed by atoms with E-state index < -0.39 is 0 Å². The highest BCUT2D eigenvalue weighted by Crippen LogP contribution is 2.23. The summed E-state index contributed by atoms with van der Waals surface area (Å²) in [7, 11) is 0. The summed E-state index contributed by atoms with van der Waals surface area (Å²) in [6.45, 7) is 6.69. The van der Waals surface area contributed by atoms with Gasteiger partial charge in [-0.15, -0.1) is 0 Å². The number of carbonyl (C=O) groups is 1. The highest BCUT2D eigenvalue weighted by atomic mass is 16.5. The van der Waals surface area contributed by atoms with Crippen molar-refractivity contribution in [1.29, 1.82) is 0 Å². The maximum atomic E-state index is 12.4. The zero-order valence-corrected chi connectivity index (χ0v) is 16.2. The van der Waals surface area contributed by atoms with Crippen molar-refractivity contribution >= 4 is 11.6 Å². The van der Waals surface area contributed by atoms with Gasteiger partial charge in [-0.1, -0.05) is 38.1 Å². The molecule has 2 aromatic rings. The number of ether oxygens (including phenoxy) is 1. The fourth-order valence-electron chi connectivity index (χ4n) is 3.39. The molecule has 1 aliphatic rings. The number of hydrogen-bond donors (Lipinski definition) is 2. The second kappa shape index (κ2) is 9.53. The molecule has 5 heteroatoms. The maximum absolute atomic E-state index is 12.4. The standard InChI is InChI=1S/C22H29N3O2/c1-17(2)23-18-11-13-25(14-12-18)16-22(26)24-19-7-6-10-21(15-19)27-20-8-4-3-5-9-20/h3-10,15,17-18,23H,11-14,16H2,1-2H3,(H,24,26). The first-order valence-corrected chi connectivity index (χ1v) is 9.70. The van der Waals surface area contributed by atoms with Crippen LogP contribution in [0.3, 0.4) is 0 Å². The average Bonchev–Trinajstić information content (AvgIpc) is 2.64. The number of hydrogen-bond acceptors (Lipinski definition) is 4. The third-order valence-electron chi connectivity index (χ3n) is 4.62. The molecular weight excluding hydrogens is 338 g/mol. The van der Waals surface area contributed by atoms with Gasteiger partial charge in [0.1, 0.15) is 11.5 Å². The summed E-state index contributed by atoms with van der Waals surface area (Å²) in [4.78, 5) is 14.6. The van der Waals surface area contributed by atoms with Crippen LogP contribution in [0.2, 0.25) is 0 Å². The van der Waals surface area contributed by atoms with Crippen molar-refractivity contribution in [2.24, 2.45) is 0 Å². The first-order valence-electron chi connectivity index (χ1n) is 9.70. The van der Waals surface area contributed by atoms with Gasteiger partial charge in [0.15, 0.2) is 0 Å². The van der Waals surface area contributed by atoms with Gasteiger partial charge in [0.25, 0.3) is 0 Å². The fourth-order valence-corrected chi connectivity index (χ4v) is 3.39. The predicted octanol–water partition coefficient (Wildman–Crippen LogP) is 3.88. The molecule has 1 aliphatic heterocycles. The molecule has 0 radical (unpaired) electrons. The number of benzene rings is 2. The Morgan fingerprint density at radius 2 is 1.78 bits per heavy atom. The molecule has 1 heterocycles. The zero-order valence-electron chi connectivity index (χ0n) is 16.2. The minimum atomic E-state index is 0.0159. The van der Waals surface area contributed by atoms with Crippen LogP contribution in [0, 0.1) is 0 Å². The van der Waals surface area contributed by atoms with Crippen molar-refractivity contribution in [2.45, 2.75) is 38.8 Å². The fraction of sp³-hybridized carbons (Fsp3) is 0.409. The van der Waals surface area contributed by atoms with Crippen LogP contribution in [-0.4, -0.2) is 42.5 Å². The lowest BCUT2D eigenvalue weighted by molar-refractivity contribution is -0.117. The van der Waals surface area contributed by atoms with Crippen LogP contribution in [0.4, 0.5) is 5.69 Å². The smallest absolute Gasteiger partial charge is 0.238 e. The average molecular weight is 367 g/mol. The van der Waals surface area contributed by atoms with E-state index in [1.165, 1.54) is 0 Å². The molecule has 0 spiro atoms. The third kappa shape index (κ3) is 6.38. The number of anilines is 1. The molecule has 0 aliphatic carbocycles. The van der Waals surface area contributed by atoms with Gasteiger partial charge in [0.2, 0.25) is 5.91 Å². The first-order chi connectivity index (χ1) is 13.1. The zero-order chi connectivity index (χ0) is 19.1. The van der Waals surface area contributed by atoms with Crippen molar-refractivity contribution in [1.82, 2.24) is 10.2 Å². The van der Waals surface area contributed by atoms with Crippen molar-refractivity contribution < 1.29 is 9.53 Å². The highest BCUT2D eigenvalue weighted by Gasteiger charge is 2.21. The van der Waals surface area contributed by atoms with E-state index in [4.69, 9.17) is 4.74 Å². The Balaban J connectivity index is 1.48. The minimum absolute atomic E-state index is 0.0159. The molecule has 144 valence electrons. The summed E-state index contributed by atoms with van der Waals surface area (Å²) in [6.07, 6.45) is 2.18. The van der Waals surface area contributed by atoms with Gasteiger partial charge in [0, 0.05) is 36.9 Å².